The molecule has 1 heterocycles. The number of hydrogen-bond acceptors (Lipinski definition) is 4. The van der Waals surface area contributed by atoms with Crippen molar-refractivity contribution in [2.24, 2.45) is 5.92 Å². The van der Waals surface area contributed by atoms with Gasteiger partial charge in [-0.2, -0.15) is 0 Å². The lowest BCUT2D eigenvalue weighted by molar-refractivity contribution is 0.0979. The summed E-state index contributed by atoms with van der Waals surface area (Å²) in [4.78, 5) is 12.5. The minimum atomic E-state index is -0.488. The van der Waals surface area contributed by atoms with E-state index in [2.05, 4.69) is 9.03 Å². The van der Waals surface area contributed by atoms with Crippen molar-refractivity contribution < 1.29 is 13.9 Å². The maximum atomic E-state index is 14.7. The molecule has 0 atom stereocenters. The molecule has 1 aliphatic heterocycles. The summed E-state index contributed by atoms with van der Waals surface area (Å²) in [6.07, 6.45) is 10.7. The van der Waals surface area contributed by atoms with Crippen molar-refractivity contribution in [2.75, 3.05) is 19.7 Å². The number of hydrogen-bond donors (Lipinski definition) is 1. The molecular formula is C21H29FN2O2S. The van der Waals surface area contributed by atoms with Gasteiger partial charge in [0.1, 0.15) is 11.6 Å². The third-order valence-electron chi connectivity index (χ3n) is 5.89. The number of amides is 1. The van der Waals surface area contributed by atoms with E-state index in [4.69, 9.17) is 4.74 Å². The van der Waals surface area contributed by atoms with Gasteiger partial charge in [0.25, 0.3) is 5.91 Å². The number of ether oxygens (including phenoxy) is 1. The molecule has 3 fully saturated rings. The minimum Gasteiger partial charge on any atom is -0.493 e. The van der Waals surface area contributed by atoms with Gasteiger partial charge in [-0.1, -0.05) is 19.3 Å². The van der Waals surface area contributed by atoms with Crippen LogP contribution in [0.2, 0.25) is 0 Å². The molecule has 27 heavy (non-hydrogen) atoms. The lowest BCUT2D eigenvalue weighted by Gasteiger charge is -2.23. The van der Waals surface area contributed by atoms with E-state index in [0.717, 1.165) is 44.3 Å². The van der Waals surface area contributed by atoms with Crippen LogP contribution in [0.5, 0.6) is 5.75 Å². The highest BCUT2D eigenvalue weighted by Gasteiger charge is 2.30. The van der Waals surface area contributed by atoms with Gasteiger partial charge in [0, 0.05) is 31.3 Å². The Morgan fingerprint density at radius 2 is 1.85 bits per heavy atom. The molecule has 0 spiro atoms. The standard InChI is InChI=1S/C21H29FN2O2S/c22-19-13-20(26-14-15-6-2-1-3-7-15)17(16-8-9-16)12-18(19)21(25)23-27-24-10-4-5-11-24/h12-13,15-16H,1-11,14H2,(H,23,25). The first-order valence-electron chi connectivity index (χ1n) is 10.4. The number of nitrogens with zero attached hydrogens (tertiary/aromatic N) is 1. The van der Waals surface area contributed by atoms with Gasteiger partial charge in [-0.3, -0.25) is 9.52 Å². The summed E-state index contributed by atoms with van der Waals surface area (Å²) in [5.74, 6) is 0.783. The van der Waals surface area contributed by atoms with Crippen molar-refractivity contribution in [3.05, 3.63) is 29.1 Å². The van der Waals surface area contributed by atoms with Crippen LogP contribution in [0.3, 0.4) is 0 Å². The smallest absolute Gasteiger partial charge is 0.265 e. The van der Waals surface area contributed by atoms with E-state index in [1.807, 2.05) is 0 Å². The topological polar surface area (TPSA) is 41.6 Å². The van der Waals surface area contributed by atoms with E-state index in [0.29, 0.717) is 24.2 Å². The van der Waals surface area contributed by atoms with Gasteiger partial charge in [-0.25, -0.2) is 8.70 Å². The molecule has 2 aliphatic carbocycles. The highest BCUT2D eigenvalue weighted by atomic mass is 32.2. The van der Waals surface area contributed by atoms with Crippen LogP contribution in [0.15, 0.2) is 12.1 Å². The zero-order valence-corrected chi connectivity index (χ0v) is 16.7. The van der Waals surface area contributed by atoms with Gasteiger partial charge < -0.3 is 4.74 Å². The fraction of sp³-hybridized carbons (Fsp3) is 0.667. The predicted octanol–water partition coefficient (Wildman–Crippen LogP) is 5.05. The summed E-state index contributed by atoms with van der Waals surface area (Å²) in [6.45, 7) is 2.60. The van der Waals surface area contributed by atoms with E-state index in [9.17, 15) is 9.18 Å². The van der Waals surface area contributed by atoms with Crippen LogP contribution in [0.25, 0.3) is 0 Å². The molecule has 0 unspecified atom stereocenters. The fourth-order valence-corrected chi connectivity index (χ4v) is 4.85. The lowest BCUT2D eigenvalue weighted by atomic mass is 9.90. The summed E-state index contributed by atoms with van der Waals surface area (Å²) < 4.78 is 25.6. The quantitative estimate of drug-likeness (QED) is 0.659. The van der Waals surface area contributed by atoms with E-state index in [1.165, 1.54) is 50.3 Å². The molecule has 4 rings (SSSR count). The van der Waals surface area contributed by atoms with Crippen molar-refractivity contribution in [1.82, 2.24) is 9.03 Å². The normalized spacial score (nSPS) is 21.4. The maximum absolute atomic E-state index is 14.7. The number of carbonyl (C=O) groups is 1. The van der Waals surface area contributed by atoms with E-state index >= 15 is 0 Å². The van der Waals surface area contributed by atoms with Gasteiger partial charge in [0.15, 0.2) is 0 Å². The molecule has 1 N–H and O–H groups in total. The third kappa shape index (κ3) is 4.96. The van der Waals surface area contributed by atoms with Crippen LogP contribution in [0, 0.1) is 11.7 Å². The van der Waals surface area contributed by atoms with Crippen LogP contribution >= 0.6 is 12.1 Å². The largest absolute Gasteiger partial charge is 0.493 e. The van der Waals surface area contributed by atoms with Crippen LogP contribution < -0.4 is 9.46 Å². The monoisotopic (exact) mass is 392 g/mol. The molecule has 3 aliphatic rings. The molecule has 1 aromatic carbocycles. The fourth-order valence-electron chi connectivity index (χ4n) is 4.09. The molecule has 0 bridgehead atoms. The van der Waals surface area contributed by atoms with Crippen LogP contribution in [0.1, 0.15) is 79.6 Å². The summed E-state index contributed by atoms with van der Waals surface area (Å²) >= 11 is 1.29. The van der Waals surface area contributed by atoms with Crippen LogP contribution in [-0.2, 0) is 0 Å². The summed E-state index contributed by atoms with van der Waals surface area (Å²) in [5.41, 5.74) is 1.14. The van der Waals surface area contributed by atoms with Crippen molar-refractivity contribution in [2.45, 2.75) is 63.7 Å². The molecular weight excluding hydrogens is 363 g/mol. The molecule has 0 radical (unpaired) electrons. The zero-order chi connectivity index (χ0) is 18.6. The van der Waals surface area contributed by atoms with Crippen molar-refractivity contribution in [3.8, 4) is 5.75 Å². The number of halogens is 1. The van der Waals surface area contributed by atoms with Crippen molar-refractivity contribution in [1.29, 1.82) is 0 Å². The van der Waals surface area contributed by atoms with Crippen LogP contribution in [0.4, 0.5) is 4.39 Å². The van der Waals surface area contributed by atoms with Gasteiger partial charge in [-0.05, 0) is 62.0 Å². The first-order valence-corrected chi connectivity index (χ1v) is 11.2. The van der Waals surface area contributed by atoms with E-state index < -0.39 is 5.82 Å². The Morgan fingerprint density at radius 3 is 2.56 bits per heavy atom. The number of nitrogens with one attached hydrogen (secondary N) is 1. The summed E-state index contributed by atoms with van der Waals surface area (Å²) in [5, 5.41) is 0. The second-order valence-corrected chi connectivity index (χ2v) is 9.02. The van der Waals surface area contributed by atoms with Gasteiger partial charge in [0.2, 0.25) is 0 Å². The van der Waals surface area contributed by atoms with Gasteiger partial charge in [-0.15, -0.1) is 0 Å². The van der Waals surface area contributed by atoms with Crippen molar-refractivity contribution in [3.63, 3.8) is 0 Å². The Labute approximate surface area is 165 Å². The molecule has 1 aromatic rings. The molecule has 4 nitrogen and oxygen atoms in total. The Balaban J connectivity index is 1.43. The Morgan fingerprint density at radius 1 is 1.11 bits per heavy atom. The molecule has 2 saturated carbocycles. The van der Waals surface area contributed by atoms with Gasteiger partial charge in [0.05, 0.1) is 12.2 Å². The highest BCUT2D eigenvalue weighted by Crippen LogP contribution is 2.45. The summed E-state index contributed by atoms with van der Waals surface area (Å²) in [7, 11) is 0. The molecule has 1 amide bonds. The number of rotatable bonds is 7. The zero-order valence-electron chi connectivity index (χ0n) is 15.8. The SMILES string of the molecule is O=C(NSN1CCCC1)c1cc(C2CC2)c(OCC2CCCCC2)cc1F. The Kier molecular flexibility index (Phi) is 6.23. The van der Waals surface area contributed by atoms with Crippen LogP contribution in [-0.4, -0.2) is 29.9 Å². The molecule has 6 heteroatoms. The average Bonchev–Trinajstić information content (AvgIpc) is 3.40. The third-order valence-corrected chi connectivity index (χ3v) is 6.79. The second kappa shape index (κ2) is 8.82. The molecule has 0 aromatic heterocycles. The average molecular weight is 393 g/mol. The predicted molar refractivity (Wildman–Crippen MR) is 106 cm³/mol. The second-order valence-electron chi connectivity index (χ2n) is 8.12. The number of benzene rings is 1. The minimum absolute atomic E-state index is 0.133. The van der Waals surface area contributed by atoms with Crippen molar-refractivity contribution >= 4 is 18.0 Å². The lowest BCUT2D eigenvalue weighted by Crippen LogP contribution is -2.24. The Hall–Kier alpha value is -1.27. The maximum Gasteiger partial charge on any atom is 0.265 e. The number of carbonyl (C=O) groups excluding carboxylic acids is 1. The molecule has 1 saturated heterocycles. The first-order chi connectivity index (χ1) is 13.2. The van der Waals surface area contributed by atoms with Gasteiger partial charge >= 0.3 is 0 Å². The first kappa shape index (κ1) is 19.1. The van der Waals surface area contributed by atoms with E-state index in [1.54, 1.807) is 6.07 Å². The summed E-state index contributed by atoms with van der Waals surface area (Å²) in [6, 6.07) is 3.16. The molecule has 148 valence electrons. The highest BCUT2D eigenvalue weighted by molar-refractivity contribution is 7.95. The van der Waals surface area contributed by atoms with E-state index in [-0.39, 0.29) is 11.5 Å². The Bertz CT molecular complexity index is 668.